The average Bonchev–Trinajstić information content (AvgIpc) is 3.23. The Morgan fingerprint density at radius 1 is 1.25 bits per heavy atom. The molecule has 0 aliphatic carbocycles. The Hall–Kier alpha value is -3.15. The van der Waals surface area contributed by atoms with Crippen molar-refractivity contribution in [3.05, 3.63) is 66.1 Å². The minimum absolute atomic E-state index is 0.00642. The molecule has 0 spiro atoms. The molecule has 1 atom stereocenters. The third kappa shape index (κ3) is 4.22. The fourth-order valence-electron chi connectivity index (χ4n) is 3.58. The van der Waals surface area contributed by atoms with Crippen LogP contribution in [0.3, 0.4) is 0 Å². The number of H-pyrrole nitrogens is 1. The minimum Gasteiger partial charge on any atom is -0.493 e. The van der Waals surface area contributed by atoms with Crippen LogP contribution in [-0.2, 0) is 0 Å². The van der Waals surface area contributed by atoms with Gasteiger partial charge >= 0.3 is 0 Å². The van der Waals surface area contributed by atoms with Gasteiger partial charge in [-0.15, -0.1) is 0 Å². The maximum absolute atomic E-state index is 12.9. The van der Waals surface area contributed by atoms with E-state index in [1.165, 1.54) is 5.56 Å². The molecule has 6 nitrogen and oxygen atoms in total. The zero-order valence-electron chi connectivity index (χ0n) is 16.0. The highest BCUT2D eigenvalue weighted by molar-refractivity contribution is 5.93. The van der Waals surface area contributed by atoms with Crippen molar-refractivity contribution in [3.8, 4) is 17.0 Å². The summed E-state index contributed by atoms with van der Waals surface area (Å²) >= 11 is 0. The highest BCUT2D eigenvalue weighted by Gasteiger charge is 2.26. The van der Waals surface area contributed by atoms with Crippen LogP contribution in [0.25, 0.3) is 11.3 Å². The first-order valence-corrected chi connectivity index (χ1v) is 9.63. The smallest absolute Gasteiger partial charge is 0.271 e. The van der Waals surface area contributed by atoms with Gasteiger partial charge < -0.3 is 9.64 Å². The number of aryl methyl sites for hydroxylation is 1. The number of aromatic amines is 1. The van der Waals surface area contributed by atoms with Crippen LogP contribution >= 0.6 is 0 Å². The second-order valence-electron chi connectivity index (χ2n) is 7.29. The highest BCUT2D eigenvalue weighted by atomic mass is 16.5. The Bertz CT molecular complexity index is 938. The number of benzene rings is 1. The summed E-state index contributed by atoms with van der Waals surface area (Å²) in [4.78, 5) is 18.8. The van der Waals surface area contributed by atoms with Crippen LogP contribution in [-0.4, -0.2) is 45.7 Å². The van der Waals surface area contributed by atoms with Gasteiger partial charge in [0.25, 0.3) is 5.91 Å². The number of hydrogen-bond donors (Lipinski definition) is 1. The van der Waals surface area contributed by atoms with Crippen molar-refractivity contribution in [3.63, 3.8) is 0 Å². The van der Waals surface area contributed by atoms with Crippen LogP contribution in [0.5, 0.6) is 5.75 Å². The molecular weight excluding hydrogens is 352 g/mol. The minimum atomic E-state index is -0.00642. The van der Waals surface area contributed by atoms with Gasteiger partial charge in [-0.05, 0) is 55.7 Å². The number of carbonyl (C=O) groups excluding carboxylic acids is 1. The van der Waals surface area contributed by atoms with Gasteiger partial charge in [-0.25, -0.2) is 0 Å². The number of nitrogens with zero attached hydrogens (tertiary/aromatic N) is 3. The van der Waals surface area contributed by atoms with Crippen molar-refractivity contribution in [1.29, 1.82) is 0 Å². The van der Waals surface area contributed by atoms with Crippen LogP contribution in [0.4, 0.5) is 0 Å². The van der Waals surface area contributed by atoms with E-state index in [0.29, 0.717) is 24.8 Å². The lowest BCUT2D eigenvalue weighted by Crippen LogP contribution is -2.41. The van der Waals surface area contributed by atoms with Gasteiger partial charge in [0.05, 0.1) is 12.3 Å². The fourth-order valence-corrected chi connectivity index (χ4v) is 3.58. The predicted octanol–water partition coefficient (Wildman–Crippen LogP) is 3.71. The molecule has 0 saturated carbocycles. The number of carbonyl (C=O) groups is 1. The van der Waals surface area contributed by atoms with E-state index in [-0.39, 0.29) is 5.91 Å². The molecule has 1 saturated heterocycles. The van der Waals surface area contributed by atoms with Gasteiger partial charge in [-0.1, -0.05) is 12.1 Å². The normalized spacial score (nSPS) is 16.8. The van der Waals surface area contributed by atoms with Gasteiger partial charge in [-0.3, -0.25) is 14.9 Å². The molecule has 6 heteroatoms. The van der Waals surface area contributed by atoms with E-state index >= 15 is 0 Å². The quantitative estimate of drug-likeness (QED) is 0.737. The van der Waals surface area contributed by atoms with E-state index in [9.17, 15) is 4.79 Å². The monoisotopic (exact) mass is 376 g/mol. The molecule has 0 radical (unpaired) electrons. The lowest BCUT2D eigenvalue weighted by Gasteiger charge is -2.32. The Balaban J connectivity index is 1.37. The second-order valence-corrected chi connectivity index (χ2v) is 7.29. The Morgan fingerprint density at radius 3 is 2.93 bits per heavy atom. The number of likely N-dealkylation sites (tertiary alicyclic amines) is 1. The SMILES string of the molecule is Cc1cccc(OCC2CCCN(C(=O)c3cc(-c4ccncc4)n[nH]3)C2)c1. The number of aromatic nitrogens is 3. The first kappa shape index (κ1) is 18.2. The second kappa shape index (κ2) is 8.25. The third-order valence-corrected chi connectivity index (χ3v) is 5.07. The van der Waals surface area contributed by atoms with E-state index in [1.807, 2.05) is 41.3 Å². The molecule has 1 N–H and O–H groups in total. The highest BCUT2D eigenvalue weighted by Crippen LogP contribution is 2.22. The number of rotatable bonds is 5. The van der Waals surface area contributed by atoms with Crippen molar-refractivity contribution in [1.82, 2.24) is 20.1 Å². The standard InChI is InChI=1S/C22H24N4O2/c1-16-4-2-6-19(12-16)28-15-17-5-3-11-26(14-17)22(27)21-13-20(24-25-21)18-7-9-23-10-8-18/h2,4,6-10,12-13,17H,3,5,11,14-15H2,1H3,(H,24,25). The lowest BCUT2D eigenvalue weighted by molar-refractivity contribution is 0.0627. The summed E-state index contributed by atoms with van der Waals surface area (Å²) in [5, 5.41) is 7.17. The predicted molar refractivity (Wildman–Crippen MR) is 107 cm³/mol. The van der Waals surface area contributed by atoms with Crippen molar-refractivity contribution in [2.75, 3.05) is 19.7 Å². The van der Waals surface area contributed by atoms with Gasteiger partial charge in [0, 0.05) is 37.0 Å². The van der Waals surface area contributed by atoms with E-state index in [2.05, 4.69) is 28.2 Å². The molecule has 1 amide bonds. The van der Waals surface area contributed by atoms with Crippen molar-refractivity contribution < 1.29 is 9.53 Å². The maximum atomic E-state index is 12.9. The van der Waals surface area contributed by atoms with Crippen LogP contribution in [0.15, 0.2) is 54.9 Å². The summed E-state index contributed by atoms with van der Waals surface area (Å²) in [6.07, 6.45) is 5.49. The van der Waals surface area contributed by atoms with Gasteiger partial charge in [0.1, 0.15) is 11.4 Å². The summed E-state index contributed by atoms with van der Waals surface area (Å²) in [6.45, 7) is 4.15. The Kier molecular flexibility index (Phi) is 5.37. The van der Waals surface area contributed by atoms with Crippen LogP contribution < -0.4 is 4.74 Å². The molecule has 144 valence electrons. The van der Waals surface area contributed by atoms with Gasteiger partial charge in [0.2, 0.25) is 0 Å². The van der Waals surface area contributed by atoms with E-state index in [1.54, 1.807) is 12.4 Å². The topological polar surface area (TPSA) is 71.1 Å². The van der Waals surface area contributed by atoms with Crippen LogP contribution in [0.1, 0.15) is 28.9 Å². The molecule has 1 fully saturated rings. The summed E-state index contributed by atoms with van der Waals surface area (Å²) in [7, 11) is 0. The third-order valence-electron chi connectivity index (χ3n) is 5.07. The first-order chi connectivity index (χ1) is 13.7. The molecule has 3 aromatic rings. The maximum Gasteiger partial charge on any atom is 0.271 e. The number of amides is 1. The zero-order valence-corrected chi connectivity index (χ0v) is 16.0. The fraction of sp³-hybridized carbons (Fsp3) is 0.318. The largest absolute Gasteiger partial charge is 0.493 e. The zero-order chi connectivity index (χ0) is 19.3. The number of hydrogen-bond acceptors (Lipinski definition) is 4. The molecule has 3 heterocycles. The Labute approximate surface area is 164 Å². The van der Waals surface area contributed by atoms with Crippen LogP contribution in [0.2, 0.25) is 0 Å². The van der Waals surface area contributed by atoms with Crippen molar-refractivity contribution in [2.45, 2.75) is 19.8 Å². The van der Waals surface area contributed by atoms with Gasteiger partial charge in [-0.2, -0.15) is 5.10 Å². The Morgan fingerprint density at radius 2 is 2.11 bits per heavy atom. The lowest BCUT2D eigenvalue weighted by atomic mass is 9.98. The molecule has 28 heavy (non-hydrogen) atoms. The van der Waals surface area contributed by atoms with Crippen LogP contribution in [0, 0.1) is 12.8 Å². The molecule has 2 aromatic heterocycles. The molecular formula is C22H24N4O2. The van der Waals surface area contributed by atoms with E-state index < -0.39 is 0 Å². The summed E-state index contributed by atoms with van der Waals surface area (Å²) in [5.41, 5.74) is 3.39. The summed E-state index contributed by atoms with van der Waals surface area (Å²) in [6, 6.07) is 13.6. The average molecular weight is 376 g/mol. The number of piperidine rings is 1. The summed E-state index contributed by atoms with van der Waals surface area (Å²) < 4.78 is 5.96. The first-order valence-electron chi connectivity index (χ1n) is 9.63. The number of ether oxygens (including phenoxy) is 1. The van der Waals surface area contributed by atoms with Crippen molar-refractivity contribution >= 4 is 5.91 Å². The molecule has 1 unspecified atom stereocenters. The molecule has 4 rings (SSSR count). The number of pyridine rings is 1. The molecule has 1 aliphatic rings. The van der Waals surface area contributed by atoms with Crippen molar-refractivity contribution in [2.24, 2.45) is 5.92 Å². The molecule has 0 bridgehead atoms. The number of nitrogens with one attached hydrogen (secondary N) is 1. The van der Waals surface area contributed by atoms with E-state index in [0.717, 1.165) is 36.4 Å². The molecule has 1 aliphatic heterocycles. The molecule has 1 aromatic carbocycles. The van der Waals surface area contributed by atoms with Gasteiger partial charge in [0.15, 0.2) is 0 Å². The summed E-state index contributed by atoms with van der Waals surface area (Å²) in [5.74, 6) is 1.22. The van der Waals surface area contributed by atoms with E-state index in [4.69, 9.17) is 4.74 Å².